The molecule has 0 aliphatic heterocycles. The molecule has 5 nitrogen and oxygen atoms in total. The molecule has 70 heavy (non-hydrogen) atoms. The monoisotopic (exact) mass is 907 g/mol. The summed E-state index contributed by atoms with van der Waals surface area (Å²) < 4.78 is 2.40. The van der Waals surface area contributed by atoms with Gasteiger partial charge >= 0.3 is 0 Å². The number of nitriles is 1. The third kappa shape index (κ3) is 6.63. The summed E-state index contributed by atoms with van der Waals surface area (Å²) in [6.45, 7) is 0. The molecule has 0 N–H and O–H groups in total. The lowest BCUT2D eigenvalue weighted by Crippen LogP contribution is -2.74. The fourth-order valence-corrected chi connectivity index (χ4v) is 15.6. The second-order valence-electron chi connectivity index (χ2n) is 17.8. The minimum absolute atomic E-state index is 0.611. The molecule has 0 saturated heterocycles. The van der Waals surface area contributed by atoms with Crippen LogP contribution in [0.3, 0.4) is 0 Å². The van der Waals surface area contributed by atoms with Crippen LogP contribution in [0.1, 0.15) is 5.56 Å². The Morgan fingerprint density at radius 2 is 0.857 bits per heavy atom. The van der Waals surface area contributed by atoms with Gasteiger partial charge in [0.25, 0.3) is 0 Å². The molecule has 0 unspecified atom stereocenters. The second-order valence-corrected chi connectivity index (χ2v) is 21.6. The van der Waals surface area contributed by atoms with E-state index in [0.29, 0.717) is 22.7 Å². The van der Waals surface area contributed by atoms with E-state index in [1.807, 2.05) is 24.3 Å². The Kier molecular flexibility index (Phi) is 9.82. The van der Waals surface area contributed by atoms with Gasteiger partial charge in [-0.1, -0.05) is 200 Å². The van der Waals surface area contributed by atoms with Gasteiger partial charge in [0.1, 0.15) is 0 Å². The lowest BCUT2D eigenvalue weighted by Gasteiger charge is -2.34. The molecule has 10 aromatic carbocycles. The number of hydrogen-bond donors (Lipinski definition) is 0. The smallest absolute Gasteiger partial charge is 0.179 e. The normalized spacial score (nSPS) is 11.7. The minimum Gasteiger partial charge on any atom is -0.309 e. The lowest BCUT2D eigenvalue weighted by atomic mass is 9.98. The van der Waals surface area contributed by atoms with Crippen LogP contribution in [0, 0.1) is 11.3 Å². The fraction of sp³-hybridized carbons (Fsp3) is 0. The predicted molar refractivity (Wildman–Crippen MR) is 292 cm³/mol. The van der Waals surface area contributed by atoms with Crippen LogP contribution >= 0.6 is 0 Å². The van der Waals surface area contributed by atoms with Gasteiger partial charge in [-0.05, 0) is 96.6 Å². The maximum absolute atomic E-state index is 9.56. The van der Waals surface area contributed by atoms with Crippen molar-refractivity contribution < 1.29 is 0 Å². The number of para-hydroxylation sites is 1. The van der Waals surface area contributed by atoms with Crippen molar-refractivity contribution in [1.29, 1.82) is 5.26 Å². The minimum atomic E-state index is -2.86. The van der Waals surface area contributed by atoms with Gasteiger partial charge in [0.15, 0.2) is 25.2 Å². The highest BCUT2D eigenvalue weighted by Crippen LogP contribution is 2.41. The van der Waals surface area contributed by atoms with E-state index in [0.717, 1.165) is 76.5 Å². The van der Waals surface area contributed by atoms with Gasteiger partial charge in [0, 0.05) is 38.2 Å². The van der Waals surface area contributed by atoms with E-state index in [1.165, 1.54) is 20.7 Å². The summed E-state index contributed by atoms with van der Waals surface area (Å²) in [7, 11) is -2.86. The average Bonchev–Trinajstić information content (AvgIpc) is 3.77. The molecule has 3 aromatic heterocycles. The highest BCUT2D eigenvalue weighted by Gasteiger charge is 2.41. The molecule has 326 valence electrons. The number of benzene rings is 10. The Labute approximate surface area is 405 Å². The number of nitrogens with zero attached hydrogens (tertiary/aromatic N) is 5. The van der Waals surface area contributed by atoms with Crippen molar-refractivity contribution >= 4 is 94.2 Å². The number of rotatable bonds is 7. The van der Waals surface area contributed by atoms with Gasteiger partial charge < -0.3 is 4.57 Å². The van der Waals surface area contributed by atoms with Gasteiger partial charge in [-0.3, -0.25) is 0 Å². The largest absolute Gasteiger partial charge is 0.309 e. The Morgan fingerprint density at radius 3 is 1.46 bits per heavy atom. The second kappa shape index (κ2) is 16.8. The van der Waals surface area contributed by atoms with Crippen LogP contribution in [0.25, 0.3) is 93.6 Å². The molecule has 6 heteroatoms. The molecule has 0 aliphatic rings. The highest BCUT2D eigenvalue weighted by atomic mass is 28.3. The van der Waals surface area contributed by atoms with Gasteiger partial charge in [0.05, 0.1) is 22.7 Å². The zero-order chi connectivity index (χ0) is 46.6. The summed E-state index contributed by atoms with van der Waals surface area (Å²) in [6, 6.07) is 91.2. The molecule has 0 radical (unpaired) electrons. The third-order valence-corrected chi connectivity index (χ3v) is 18.7. The van der Waals surface area contributed by atoms with Crippen LogP contribution in [0.2, 0.25) is 0 Å². The quantitative estimate of drug-likeness (QED) is 0.118. The SMILES string of the molecule is N#Cc1ccc(-c2ccc3c(c2)c2cc4cc(c5ccccc5c5nc(-c6cccc([Si](c7ccccc7)(c7ccccc7)c7ccccc7)c6)nc(n5)c5ccccc45)c2n3-c2ccccc2)cc1. The van der Waals surface area contributed by atoms with Crippen LogP contribution in [0.5, 0.6) is 0 Å². The van der Waals surface area contributed by atoms with E-state index in [1.54, 1.807) is 0 Å². The molecule has 0 spiro atoms. The van der Waals surface area contributed by atoms with Crippen molar-refractivity contribution in [3.05, 3.63) is 254 Å². The molecule has 0 saturated carbocycles. The van der Waals surface area contributed by atoms with Gasteiger partial charge in [-0.15, -0.1) is 0 Å². The molecule has 0 fully saturated rings. The van der Waals surface area contributed by atoms with Crippen molar-refractivity contribution in [2.75, 3.05) is 0 Å². The van der Waals surface area contributed by atoms with E-state index in [-0.39, 0.29) is 0 Å². The predicted octanol–water partition coefficient (Wildman–Crippen LogP) is 12.7. The zero-order valence-electron chi connectivity index (χ0n) is 37.9. The summed E-state index contributed by atoms with van der Waals surface area (Å²) in [5, 5.41) is 23.0. The molecule has 4 bridgehead atoms. The van der Waals surface area contributed by atoms with Crippen molar-refractivity contribution in [3.8, 4) is 34.3 Å². The van der Waals surface area contributed by atoms with Crippen LogP contribution < -0.4 is 20.7 Å². The Morgan fingerprint density at radius 1 is 0.357 bits per heavy atom. The maximum Gasteiger partial charge on any atom is 0.179 e. The summed E-state index contributed by atoms with van der Waals surface area (Å²) in [5.41, 5.74) is 8.19. The number of aromatic nitrogens is 4. The van der Waals surface area contributed by atoms with Gasteiger partial charge in [-0.2, -0.15) is 5.26 Å². The first-order valence-corrected chi connectivity index (χ1v) is 25.6. The van der Waals surface area contributed by atoms with E-state index in [2.05, 4.69) is 235 Å². The molecule has 3 heterocycles. The van der Waals surface area contributed by atoms with Gasteiger partial charge in [0.2, 0.25) is 0 Å². The average molecular weight is 908 g/mol. The zero-order valence-corrected chi connectivity index (χ0v) is 38.9. The number of fused-ring (bicyclic) bond motifs is 14. The van der Waals surface area contributed by atoms with Crippen LogP contribution in [0.4, 0.5) is 0 Å². The number of hydrogen-bond acceptors (Lipinski definition) is 4. The molecule has 0 amide bonds. The van der Waals surface area contributed by atoms with Crippen molar-refractivity contribution in [2.45, 2.75) is 0 Å². The molecule has 13 rings (SSSR count). The third-order valence-electron chi connectivity index (χ3n) is 14.0. The van der Waals surface area contributed by atoms with Crippen LogP contribution in [0.15, 0.2) is 249 Å². The van der Waals surface area contributed by atoms with Crippen molar-refractivity contribution in [2.24, 2.45) is 0 Å². The Hall–Kier alpha value is -9.28. The highest BCUT2D eigenvalue weighted by molar-refractivity contribution is 7.19. The van der Waals surface area contributed by atoms with Crippen LogP contribution in [-0.4, -0.2) is 27.6 Å². The summed E-state index contributed by atoms with van der Waals surface area (Å²) in [4.78, 5) is 16.3. The molecular weight excluding hydrogens is 867 g/mol. The lowest BCUT2D eigenvalue weighted by molar-refractivity contribution is 1.18. The van der Waals surface area contributed by atoms with Crippen molar-refractivity contribution in [3.63, 3.8) is 0 Å². The topological polar surface area (TPSA) is 67.4 Å². The summed E-state index contributed by atoms with van der Waals surface area (Å²) >= 11 is 0. The van der Waals surface area contributed by atoms with E-state index in [4.69, 9.17) is 15.0 Å². The Bertz CT molecular complexity index is 4130. The van der Waals surface area contributed by atoms with E-state index >= 15 is 0 Å². The Balaban J connectivity index is 1.13. The first-order chi connectivity index (χ1) is 34.7. The van der Waals surface area contributed by atoms with E-state index in [9.17, 15) is 5.26 Å². The van der Waals surface area contributed by atoms with Crippen molar-refractivity contribution in [1.82, 2.24) is 19.5 Å². The molecular formula is C64H41N5Si. The fourth-order valence-electron chi connectivity index (χ4n) is 10.8. The van der Waals surface area contributed by atoms with Gasteiger partial charge in [-0.25, -0.2) is 15.0 Å². The van der Waals surface area contributed by atoms with Crippen LogP contribution in [-0.2, 0) is 0 Å². The maximum atomic E-state index is 9.56. The molecule has 13 aromatic rings. The van der Waals surface area contributed by atoms with E-state index < -0.39 is 8.07 Å². The summed E-state index contributed by atoms with van der Waals surface area (Å²) in [5.74, 6) is 0.617. The molecule has 0 aliphatic carbocycles. The molecule has 0 atom stereocenters. The first-order valence-electron chi connectivity index (χ1n) is 23.6. The summed E-state index contributed by atoms with van der Waals surface area (Å²) in [6.07, 6.45) is 0. The first kappa shape index (κ1) is 40.9. The standard InChI is InChI=1S/C64H41N5Si/c65-42-43-32-34-44(35-33-43)45-36-37-60-57(39-45)59-41-47-40-58(61(59)69(60)48-19-5-1-6-20-48)54-29-14-16-31-56(54)64-67-62(66-63(68-64)55-30-15-13-28-53(47)55)46-18-17-27-52(38-46)70(49-21-7-2-8-22-49,50-23-9-3-10-24-50)51-25-11-4-12-26-51/h1-41H.